The highest BCUT2D eigenvalue weighted by atomic mass is 35.5. The van der Waals surface area contributed by atoms with Crippen molar-refractivity contribution in [1.29, 1.82) is 0 Å². The molecule has 0 fully saturated rings. The Labute approximate surface area is 198 Å². The molecule has 2 N–H and O–H groups in total. The summed E-state index contributed by atoms with van der Waals surface area (Å²) in [5, 5.41) is 9.21. The van der Waals surface area contributed by atoms with Gasteiger partial charge in [0, 0.05) is 29.4 Å². The Balaban J connectivity index is 1.30. The molecular weight excluding hydrogens is 473 g/mol. The van der Waals surface area contributed by atoms with Crippen LogP contribution < -0.4 is 10.6 Å². The minimum atomic E-state index is -0.614. The molecule has 2 aromatic heterocycles. The van der Waals surface area contributed by atoms with Crippen LogP contribution in [0, 0.1) is 0 Å². The molecule has 0 aliphatic rings. The Morgan fingerprint density at radius 1 is 1.09 bits per heavy atom. The number of aromatic nitrogens is 3. The van der Waals surface area contributed by atoms with Crippen LogP contribution in [-0.2, 0) is 20.7 Å². The first-order valence-corrected chi connectivity index (χ1v) is 10.6. The van der Waals surface area contributed by atoms with Crippen LogP contribution in [0.4, 0.5) is 0 Å². The quantitative estimate of drug-likeness (QED) is 0.326. The lowest BCUT2D eigenvalue weighted by Crippen LogP contribution is -2.39. The molecule has 33 heavy (non-hydrogen) atoms. The molecule has 0 saturated heterocycles. The fourth-order valence-electron chi connectivity index (χ4n) is 2.59. The molecule has 172 valence electrons. The van der Waals surface area contributed by atoms with Gasteiger partial charge >= 0.3 is 5.97 Å². The lowest BCUT2D eigenvalue weighted by Gasteiger charge is -2.08. The normalized spacial score (nSPS) is 10.5. The molecule has 0 saturated carbocycles. The number of hydrogen-bond donors (Lipinski definition) is 2. The number of nitrogens with one attached hydrogen (secondary N) is 2. The van der Waals surface area contributed by atoms with Crippen LogP contribution in [0.25, 0.3) is 11.4 Å². The van der Waals surface area contributed by atoms with Gasteiger partial charge in [-0.1, -0.05) is 28.4 Å². The second-order valence-corrected chi connectivity index (χ2v) is 7.50. The first-order chi connectivity index (χ1) is 15.9. The number of benzene rings is 1. The summed E-state index contributed by atoms with van der Waals surface area (Å²) in [4.78, 5) is 43.9. The Bertz CT molecular complexity index is 1120. The number of carbonyl (C=O) groups is 3. The van der Waals surface area contributed by atoms with E-state index in [0.29, 0.717) is 29.6 Å². The van der Waals surface area contributed by atoms with Crippen molar-refractivity contribution in [3.05, 3.63) is 64.2 Å². The Morgan fingerprint density at radius 3 is 2.70 bits per heavy atom. The molecule has 0 atom stereocenters. The number of hydrogen-bond acceptors (Lipinski definition) is 8. The Hall–Kier alpha value is -3.50. The monoisotopic (exact) mass is 491 g/mol. The molecular formula is C21H19Cl2N5O5. The topological polar surface area (TPSA) is 136 Å². The van der Waals surface area contributed by atoms with Crippen LogP contribution in [0.2, 0.25) is 10.0 Å². The summed E-state index contributed by atoms with van der Waals surface area (Å²) < 4.78 is 10.2. The molecule has 0 unspecified atom stereocenters. The summed E-state index contributed by atoms with van der Waals surface area (Å²) in [5.74, 6) is -0.865. The lowest BCUT2D eigenvalue weighted by molar-refractivity contribution is -0.143. The number of amides is 2. The highest BCUT2D eigenvalue weighted by Crippen LogP contribution is 2.20. The van der Waals surface area contributed by atoms with E-state index in [-0.39, 0.29) is 30.3 Å². The highest BCUT2D eigenvalue weighted by Gasteiger charge is 2.13. The molecule has 0 radical (unpaired) electrons. The average Bonchev–Trinajstić information content (AvgIpc) is 3.28. The van der Waals surface area contributed by atoms with E-state index in [9.17, 15) is 14.4 Å². The van der Waals surface area contributed by atoms with Crippen molar-refractivity contribution in [2.45, 2.75) is 12.8 Å². The molecule has 12 heteroatoms. The summed E-state index contributed by atoms with van der Waals surface area (Å²) in [5.41, 5.74) is 0.921. The lowest BCUT2D eigenvalue weighted by atomic mass is 10.2. The first kappa shape index (κ1) is 24.1. The minimum Gasteiger partial charge on any atom is -0.464 e. The molecule has 0 spiro atoms. The van der Waals surface area contributed by atoms with E-state index in [1.165, 1.54) is 18.2 Å². The van der Waals surface area contributed by atoms with Crippen LogP contribution in [0.3, 0.4) is 0 Å². The second-order valence-electron chi connectivity index (χ2n) is 6.66. The van der Waals surface area contributed by atoms with E-state index in [4.69, 9.17) is 32.5 Å². The van der Waals surface area contributed by atoms with Gasteiger partial charge in [0.25, 0.3) is 5.91 Å². The van der Waals surface area contributed by atoms with Gasteiger partial charge in [-0.15, -0.1) is 0 Å². The molecule has 2 amide bonds. The SMILES string of the molecule is O=C(CNC(=O)c1ccc(Cl)cc1Cl)NCC(=O)OCCCc1nc(-c2cccnc2)no1. The number of ether oxygens (including phenoxy) is 1. The van der Waals surface area contributed by atoms with Gasteiger partial charge in [-0.25, -0.2) is 0 Å². The van der Waals surface area contributed by atoms with Crippen molar-refractivity contribution in [3.63, 3.8) is 0 Å². The summed E-state index contributed by atoms with van der Waals surface area (Å²) in [6, 6.07) is 7.97. The van der Waals surface area contributed by atoms with Gasteiger partial charge in [-0.05, 0) is 36.8 Å². The summed E-state index contributed by atoms with van der Waals surface area (Å²) >= 11 is 11.7. The number of rotatable bonds is 10. The van der Waals surface area contributed by atoms with Crippen molar-refractivity contribution >= 4 is 41.0 Å². The van der Waals surface area contributed by atoms with E-state index < -0.39 is 17.8 Å². The second kappa shape index (κ2) is 11.9. The Morgan fingerprint density at radius 2 is 1.94 bits per heavy atom. The van der Waals surface area contributed by atoms with Gasteiger partial charge in [0.05, 0.1) is 23.7 Å². The standard InChI is InChI=1S/C21H19Cl2N5O5/c22-14-5-6-15(16(23)9-14)21(31)26-11-17(29)25-12-19(30)32-8-2-4-18-27-20(28-33-18)13-3-1-7-24-10-13/h1,3,5-7,9-10H,2,4,8,11-12H2,(H,25,29)(H,26,31). The van der Waals surface area contributed by atoms with Crippen LogP contribution in [0.15, 0.2) is 47.2 Å². The largest absolute Gasteiger partial charge is 0.464 e. The smallest absolute Gasteiger partial charge is 0.325 e. The van der Waals surface area contributed by atoms with E-state index in [1.54, 1.807) is 18.5 Å². The van der Waals surface area contributed by atoms with E-state index in [1.807, 2.05) is 6.07 Å². The number of nitrogens with zero attached hydrogens (tertiary/aromatic N) is 3. The van der Waals surface area contributed by atoms with Gasteiger partial charge in [-0.3, -0.25) is 19.4 Å². The molecule has 3 aromatic rings. The zero-order valence-corrected chi connectivity index (χ0v) is 18.7. The first-order valence-electron chi connectivity index (χ1n) is 9.81. The zero-order valence-electron chi connectivity index (χ0n) is 17.2. The van der Waals surface area contributed by atoms with Crippen LogP contribution in [-0.4, -0.2) is 52.6 Å². The molecule has 1 aromatic carbocycles. The maximum Gasteiger partial charge on any atom is 0.325 e. The third-order valence-corrected chi connectivity index (χ3v) is 4.75. The van der Waals surface area contributed by atoms with E-state index in [2.05, 4.69) is 25.8 Å². The molecule has 10 nitrogen and oxygen atoms in total. The van der Waals surface area contributed by atoms with Crippen LogP contribution >= 0.6 is 23.2 Å². The summed E-state index contributed by atoms with van der Waals surface area (Å²) in [7, 11) is 0. The zero-order chi connectivity index (χ0) is 23.6. The fraction of sp³-hybridized carbons (Fsp3) is 0.238. The number of carbonyl (C=O) groups excluding carboxylic acids is 3. The number of pyridine rings is 1. The van der Waals surface area contributed by atoms with Gasteiger partial charge in [0.1, 0.15) is 6.54 Å². The van der Waals surface area contributed by atoms with Crippen molar-refractivity contribution in [1.82, 2.24) is 25.8 Å². The molecule has 3 rings (SSSR count). The highest BCUT2D eigenvalue weighted by molar-refractivity contribution is 6.36. The van der Waals surface area contributed by atoms with Gasteiger partial charge in [-0.2, -0.15) is 4.98 Å². The van der Waals surface area contributed by atoms with Crippen molar-refractivity contribution in [2.24, 2.45) is 0 Å². The van der Waals surface area contributed by atoms with Gasteiger partial charge in [0.15, 0.2) is 0 Å². The molecule has 0 bridgehead atoms. The number of esters is 1. The molecule has 2 heterocycles. The number of halogens is 2. The maximum absolute atomic E-state index is 12.1. The van der Waals surface area contributed by atoms with Crippen molar-refractivity contribution < 1.29 is 23.6 Å². The summed E-state index contributed by atoms with van der Waals surface area (Å²) in [6.07, 6.45) is 4.16. The van der Waals surface area contributed by atoms with E-state index >= 15 is 0 Å². The van der Waals surface area contributed by atoms with Crippen molar-refractivity contribution in [2.75, 3.05) is 19.7 Å². The maximum atomic E-state index is 12.1. The van der Waals surface area contributed by atoms with Gasteiger partial charge in [0.2, 0.25) is 17.6 Å². The molecule has 0 aliphatic carbocycles. The van der Waals surface area contributed by atoms with E-state index in [0.717, 1.165) is 5.56 Å². The fourth-order valence-corrected chi connectivity index (χ4v) is 3.09. The van der Waals surface area contributed by atoms with Crippen LogP contribution in [0.1, 0.15) is 22.7 Å². The summed E-state index contributed by atoms with van der Waals surface area (Å²) in [6.45, 7) is -0.547. The Kier molecular flexibility index (Phi) is 8.73. The third-order valence-electron chi connectivity index (χ3n) is 4.20. The number of aryl methyl sites for hydroxylation is 1. The van der Waals surface area contributed by atoms with Crippen molar-refractivity contribution in [3.8, 4) is 11.4 Å². The molecule has 0 aliphatic heterocycles. The predicted octanol–water partition coefficient (Wildman–Crippen LogP) is 2.46. The predicted molar refractivity (Wildman–Crippen MR) is 119 cm³/mol. The van der Waals surface area contributed by atoms with Crippen LogP contribution in [0.5, 0.6) is 0 Å². The third kappa shape index (κ3) is 7.55. The average molecular weight is 492 g/mol. The van der Waals surface area contributed by atoms with Gasteiger partial charge < -0.3 is 19.9 Å². The minimum absolute atomic E-state index is 0.116.